The van der Waals surface area contributed by atoms with Crippen LogP contribution in [0.1, 0.15) is 6.42 Å². The molecular weight excluding hydrogens is 88.1 g/mol. The van der Waals surface area contributed by atoms with E-state index in [0.29, 0.717) is 0 Å². The third-order valence-electron chi connectivity index (χ3n) is 1.15. The normalized spacial score (nSPS) is 17.7. The van der Waals surface area contributed by atoms with E-state index < -0.39 is 0 Å². The van der Waals surface area contributed by atoms with Crippen molar-refractivity contribution >= 4 is 5.84 Å². The van der Waals surface area contributed by atoms with Crippen molar-refractivity contribution in [3.8, 4) is 0 Å². The first kappa shape index (κ1) is 4.62. The van der Waals surface area contributed by atoms with Crippen LogP contribution in [0.25, 0.3) is 0 Å². The standard InChI is InChI=1S/C5H10N2/c1-7(2)5-3-4-6-5/h3-4H2,1-2H3. The molecule has 1 rings (SSSR count). The van der Waals surface area contributed by atoms with E-state index in [4.69, 9.17) is 0 Å². The van der Waals surface area contributed by atoms with Gasteiger partial charge >= 0.3 is 0 Å². The molecule has 0 aromatic rings. The second-order valence-electron chi connectivity index (χ2n) is 1.94. The van der Waals surface area contributed by atoms with Crippen LogP contribution in [0.15, 0.2) is 4.99 Å². The summed E-state index contributed by atoms with van der Waals surface area (Å²) in [6, 6.07) is 0. The smallest absolute Gasteiger partial charge is 0.100 e. The van der Waals surface area contributed by atoms with Gasteiger partial charge in [0.15, 0.2) is 0 Å². The van der Waals surface area contributed by atoms with E-state index in [1.54, 1.807) is 0 Å². The number of hydrogen-bond acceptors (Lipinski definition) is 2. The van der Waals surface area contributed by atoms with E-state index in [1.165, 1.54) is 12.3 Å². The topological polar surface area (TPSA) is 15.6 Å². The van der Waals surface area contributed by atoms with Gasteiger partial charge in [0.1, 0.15) is 5.84 Å². The Kier molecular flexibility index (Phi) is 1.01. The van der Waals surface area contributed by atoms with Gasteiger partial charge in [-0.2, -0.15) is 0 Å². The summed E-state index contributed by atoms with van der Waals surface area (Å²) in [4.78, 5) is 6.17. The largest absolute Gasteiger partial charge is 0.366 e. The molecule has 0 fully saturated rings. The number of amidine groups is 1. The molecule has 0 radical (unpaired) electrons. The van der Waals surface area contributed by atoms with Crippen molar-refractivity contribution in [3.05, 3.63) is 0 Å². The maximum Gasteiger partial charge on any atom is 0.100 e. The summed E-state index contributed by atoms with van der Waals surface area (Å²) >= 11 is 0. The molecule has 0 bridgehead atoms. The van der Waals surface area contributed by atoms with Crippen molar-refractivity contribution in [2.24, 2.45) is 4.99 Å². The van der Waals surface area contributed by atoms with Gasteiger partial charge in [0.05, 0.1) is 0 Å². The molecule has 0 saturated heterocycles. The van der Waals surface area contributed by atoms with E-state index >= 15 is 0 Å². The van der Waals surface area contributed by atoms with Crippen molar-refractivity contribution in [1.82, 2.24) is 4.90 Å². The van der Waals surface area contributed by atoms with Gasteiger partial charge in [-0.3, -0.25) is 4.99 Å². The average Bonchev–Trinajstić information content (AvgIpc) is 1.23. The molecule has 1 aliphatic rings. The minimum Gasteiger partial charge on any atom is -0.366 e. The van der Waals surface area contributed by atoms with Gasteiger partial charge in [-0.15, -0.1) is 0 Å². The highest BCUT2D eigenvalue weighted by molar-refractivity contribution is 5.85. The molecule has 0 atom stereocenters. The number of hydrogen-bond donors (Lipinski definition) is 0. The van der Waals surface area contributed by atoms with E-state index in [9.17, 15) is 0 Å². The van der Waals surface area contributed by atoms with Crippen LogP contribution in [0.2, 0.25) is 0 Å². The van der Waals surface area contributed by atoms with E-state index in [0.717, 1.165) is 6.54 Å². The molecule has 0 unspecified atom stereocenters. The molecule has 0 spiro atoms. The predicted molar refractivity (Wildman–Crippen MR) is 30.6 cm³/mol. The van der Waals surface area contributed by atoms with Crippen LogP contribution in [0.5, 0.6) is 0 Å². The van der Waals surface area contributed by atoms with Gasteiger partial charge in [-0.05, 0) is 0 Å². The Labute approximate surface area is 43.8 Å². The van der Waals surface area contributed by atoms with Crippen molar-refractivity contribution in [3.63, 3.8) is 0 Å². The number of nitrogens with zero attached hydrogens (tertiary/aromatic N) is 2. The zero-order valence-electron chi connectivity index (χ0n) is 4.81. The predicted octanol–water partition coefficient (Wildman–Crippen LogP) is 0.350. The molecule has 0 aromatic carbocycles. The van der Waals surface area contributed by atoms with Gasteiger partial charge in [-0.25, -0.2) is 0 Å². The molecule has 0 aliphatic carbocycles. The molecular formula is C5H10N2. The van der Waals surface area contributed by atoms with Crippen molar-refractivity contribution in [2.45, 2.75) is 6.42 Å². The molecule has 7 heavy (non-hydrogen) atoms. The fourth-order valence-corrected chi connectivity index (χ4v) is 0.577. The zero-order chi connectivity index (χ0) is 5.28. The van der Waals surface area contributed by atoms with Crippen LogP contribution >= 0.6 is 0 Å². The molecule has 0 aromatic heterocycles. The molecule has 2 nitrogen and oxygen atoms in total. The lowest BCUT2D eigenvalue weighted by Crippen LogP contribution is -2.28. The highest BCUT2D eigenvalue weighted by Crippen LogP contribution is 2.01. The first-order valence-corrected chi connectivity index (χ1v) is 2.51. The van der Waals surface area contributed by atoms with Gasteiger partial charge in [0.25, 0.3) is 0 Å². The Morgan fingerprint density at radius 1 is 1.57 bits per heavy atom. The van der Waals surface area contributed by atoms with Crippen molar-refractivity contribution in [1.29, 1.82) is 0 Å². The maximum atomic E-state index is 4.11. The Morgan fingerprint density at radius 2 is 2.14 bits per heavy atom. The van der Waals surface area contributed by atoms with Crippen LogP contribution < -0.4 is 0 Å². The minimum absolute atomic E-state index is 1.04. The quantitative estimate of drug-likeness (QED) is 0.427. The summed E-state index contributed by atoms with van der Waals surface area (Å²) in [6.07, 6.45) is 1.17. The van der Waals surface area contributed by atoms with Gasteiger partial charge in [-0.1, -0.05) is 0 Å². The van der Waals surface area contributed by atoms with Gasteiger partial charge in [0.2, 0.25) is 0 Å². The Balaban J connectivity index is 2.40. The lowest BCUT2D eigenvalue weighted by atomic mass is 10.3. The van der Waals surface area contributed by atoms with Crippen molar-refractivity contribution < 1.29 is 0 Å². The molecule has 40 valence electrons. The molecule has 0 saturated carbocycles. The van der Waals surface area contributed by atoms with E-state index in [-0.39, 0.29) is 0 Å². The third kappa shape index (κ3) is 0.734. The minimum atomic E-state index is 1.04. The van der Waals surface area contributed by atoms with Crippen molar-refractivity contribution in [2.75, 3.05) is 20.6 Å². The maximum absolute atomic E-state index is 4.11. The Morgan fingerprint density at radius 3 is 2.14 bits per heavy atom. The summed E-state index contributed by atoms with van der Waals surface area (Å²) < 4.78 is 0. The fraction of sp³-hybridized carbons (Fsp3) is 0.800. The first-order valence-electron chi connectivity index (χ1n) is 2.51. The summed E-state index contributed by atoms with van der Waals surface area (Å²) in [5.74, 6) is 1.24. The first-order chi connectivity index (χ1) is 3.30. The molecule has 0 amide bonds. The molecule has 1 aliphatic heterocycles. The zero-order valence-corrected chi connectivity index (χ0v) is 4.81. The van der Waals surface area contributed by atoms with Gasteiger partial charge < -0.3 is 4.90 Å². The van der Waals surface area contributed by atoms with Crippen LogP contribution in [0, 0.1) is 0 Å². The lowest BCUT2D eigenvalue weighted by molar-refractivity contribution is 0.578. The summed E-state index contributed by atoms with van der Waals surface area (Å²) in [6.45, 7) is 1.04. The highest BCUT2D eigenvalue weighted by atomic mass is 15.2. The molecule has 1 heterocycles. The number of rotatable bonds is 0. The number of aliphatic imine (C=N–C) groups is 1. The fourth-order valence-electron chi connectivity index (χ4n) is 0.577. The third-order valence-corrected chi connectivity index (χ3v) is 1.15. The Bertz CT molecular complexity index is 94.3. The van der Waals surface area contributed by atoms with E-state index in [2.05, 4.69) is 9.89 Å². The van der Waals surface area contributed by atoms with Gasteiger partial charge in [0, 0.05) is 27.1 Å². The summed E-state index contributed by atoms with van der Waals surface area (Å²) in [5.41, 5.74) is 0. The second kappa shape index (κ2) is 1.52. The average molecular weight is 98.1 g/mol. The Hall–Kier alpha value is -0.530. The van der Waals surface area contributed by atoms with Crippen LogP contribution in [0.3, 0.4) is 0 Å². The summed E-state index contributed by atoms with van der Waals surface area (Å²) in [7, 11) is 4.05. The SMILES string of the molecule is CN(C)C1=NCC1. The highest BCUT2D eigenvalue weighted by Gasteiger charge is 2.07. The molecule has 2 heteroatoms. The second-order valence-corrected chi connectivity index (χ2v) is 1.94. The van der Waals surface area contributed by atoms with Crippen LogP contribution in [0.4, 0.5) is 0 Å². The molecule has 0 N–H and O–H groups in total. The van der Waals surface area contributed by atoms with E-state index in [1.807, 2.05) is 14.1 Å². The van der Waals surface area contributed by atoms with Crippen LogP contribution in [-0.2, 0) is 0 Å². The lowest BCUT2D eigenvalue weighted by Gasteiger charge is -2.20. The monoisotopic (exact) mass is 98.1 g/mol. The van der Waals surface area contributed by atoms with Crippen LogP contribution in [-0.4, -0.2) is 31.4 Å². The summed E-state index contributed by atoms with van der Waals surface area (Å²) in [5, 5.41) is 0.